The molecule has 0 radical (unpaired) electrons. The lowest BCUT2D eigenvalue weighted by Gasteiger charge is -2.09. The second kappa shape index (κ2) is 6.60. The third-order valence-corrected chi connectivity index (χ3v) is 4.08. The smallest absolute Gasteiger partial charge is 0.270 e. The Morgan fingerprint density at radius 2 is 1.58 bits per heavy atom. The van der Waals surface area contributed by atoms with Gasteiger partial charge in [-0.3, -0.25) is 10.1 Å². The van der Waals surface area contributed by atoms with Crippen molar-refractivity contribution in [2.24, 2.45) is 0 Å². The lowest BCUT2D eigenvalue weighted by Crippen LogP contribution is -1.97. The van der Waals surface area contributed by atoms with E-state index in [1.807, 2.05) is 42.5 Å². The first kappa shape index (κ1) is 15.7. The van der Waals surface area contributed by atoms with Crippen LogP contribution in [0.1, 0.15) is 0 Å². The minimum Gasteiger partial charge on any atom is -0.340 e. The van der Waals surface area contributed by atoms with E-state index in [2.05, 4.69) is 27.4 Å². The zero-order valence-electron chi connectivity index (χ0n) is 13.7. The maximum atomic E-state index is 11.0. The maximum Gasteiger partial charge on any atom is 0.270 e. The predicted molar refractivity (Wildman–Crippen MR) is 101 cm³/mol. The number of rotatable bonds is 4. The Balaban J connectivity index is 1.67. The molecule has 0 atom stereocenters. The Kier molecular flexibility index (Phi) is 3.99. The topological polar surface area (TPSA) is 81.0 Å². The molecule has 0 fully saturated rings. The highest BCUT2D eigenvalue weighted by atomic mass is 16.6. The third-order valence-electron chi connectivity index (χ3n) is 4.08. The van der Waals surface area contributed by atoms with Gasteiger partial charge in [0, 0.05) is 23.2 Å². The SMILES string of the molecule is O=[N+]([O-])c1ccc2ncnc(Nc3ccc(-c4ccccc4)cc3)c2c1. The molecule has 1 heterocycles. The fourth-order valence-corrected chi connectivity index (χ4v) is 2.77. The molecule has 0 saturated carbocycles. The van der Waals surface area contributed by atoms with E-state index in [0.29, 0.717) is 16.7 Å². The van der Waals surface area contributed by atoms with Crippen LogP contribution in [0.4, 0.5) is 17.2 Å². The van der Waals surface area contributed by atoms with Crippen molar-refractivity contribution in [3.63, 3.8) is 0 Å². The Hall–Kier alpha value is -3.80. The molecule has 26 heavy (non-hydrogen) atoms. The van der Waals surface area contributed by atoms with Crippen molar-refractivity contribution < 1.29 is 4.92 Å². The molecule has 0 aliphatic heterocycles. The summed E-state index contributed by atoms with van der Waals surface area (Å²) in [6.07, 6.45) is 1.44. The summed E-state index contributed by atoms with van der Waals surface area (Å²) >= 11 is 0. The number of nitrogens with one attached hydrogen (secondary N) is 1. The molecule has 0 aliphatic rings. The lowest BCUT2D eigenvalue weighted by atomic mass is 10.1. The maximum absolute atomic E-state index is 11.0. The van der Waals surface area contributed by atoms with E-state index >= 15 is 0 Å². The monoisotopic (exact) mass is 342 g/mol. The average Bonchev–Trinajstić information content (AvgIpc) is 2.69. The lowest BCUT2D eigenvalue weighted by molar-refractivity contribution is -0.384. The van der Waals surface area contributed by atoms with Gasteiger partial charge < -0.3 is 5.32 Å². The number of fused-ring (bicyclic) bond motifs is 1. The molecule has 0 bridgehead atoms. The molecular weight excluding hydrogens is 328 g/mol. The van der Waals surface area contributed by atoms with Crippen LogP contribution in [0, 0.1) is 10.1 Å². The number of nitrogens with zero attached hydrogens (tertiary/aromatic N) is 3. The van der Waals surface area contributed by atoms with Gasteiger partial charge in [-0.25, -0.2) is 9.97 Å². The Morgan fingerprint density at radius 1 is 0.846 bits per heavy atom. The number of nitro groups is 1. The summed E-state index contributed by atoms with van der Waals surface area (Å²) in [5, 5.41) is 14.9. The molecular formula is C20H14N4O2. The highest BCUT2D eigenvalue weighted by Gasteiger charge is 2.11. The molecule has 0 unspecified atom stereocenters. The number of hydrogen-bond donors (Lipinski definition) is 1. The van der Waals surface area contributed by atoms with Crippen LogP contribution in [0.5, 0.6) is 0 Å². The molecule has 4 aromatic rings. The highest BCUT2D eigenvalue weighted by molar-refractivity contribution is 5.92. The summed E-state index contributed by atoms with van der Waals surface area (Å²) < 4.78 is 0. The molecule has 0 aliphatic carbocycles. The van der Waals surface area contributed by atoms with Crippen LogP contribution in [0.3, 0.4) is 0 Å². The van der Waals surface area contributed by atoms with Crippen LogP contribution in [-0.2, 0) is 0 Å². The standard InChI is InChI=1S/C20H14N4O2/c25-24(26)17-10-11-19-18(12-17)20(22-13-21-19)23-16-8-6-15(7-9-16)14-4-2-1-3-5-14/h1-13H,(H,21,22,23). The van der Waals surface area contributed by atoms with Gasteiger partial charge in [0.2, 0.25) is 0 Å². The van der Waals surface area contributed by atoms with Crippen molar-refractivity contribution in [1.29, 1.82) is 0 Å². The Labute approximate surface area is 149 Å². The number of aromatic nitrogens is 2. The van der Waals surface area contributed by atoms with Crippen molar-refractivity contribution in [1.82, 2.24) is 9.97 Å². The van der Waals surface area contributed by atoms with E-state index in [4.69, 9.17) is 0 Å². The summed E-state index contributed by atoms with van der Waals surface area (Å²) in [6, 6.07) is 22.6. The summed E-state index contributed by atoms with van der Waals surface area (Å²) in [5.74, 6) is 0.533. The van der Waals surface area contributed by atoms with Crippen LogP contribution in [-0.4, -0.2) is 14.9 Å². The van der Waals surface area contributed by atoms with E-state index in [-0.39, 0.29) is 5.69 Å². The average molecular weight is 342 g/mol. The highest BCUT2D eigenvalue weighted by Crippen LogP contribution is 2.28. The van der Waals surface area contributed by atoms with Crippen LogP contribution in [0.15, 0.2) is 79.1 Å². The number of nitro benzene ring substituents is 1. The first-order chi connectivity index (χ1) is 12.7. The molecule has 0 spiro atoms. The van der Waals surface area contributed by atoms with Gasteiger partial charge in [-0.1, -0.05) is 42.5 Å². The minimum absolute atomic E-state index is 0.00905. The van der Waals surface area contributed by atoms with E-state index in [1.165, 1.54) is 18.5 Å². The van der Waals surface area contributed by atoms with Crippen molar-refractivity contribution in [2.75, 3.05) is 5.32 Å². The van der Waals surface area contributed by atoms with Gasteiger partial charge in [0.15, 0.2) is 0 Å². The third kappa shape index (κ3) is 3.08. The zero-order valence-corrected chi connectivity index (χ0v) is 13.7. The number of benzene rings is 3. The molecule has 0 saturated heterocycles. The second-order valence-corrected chi connectivity index (χ2v) is 5.75. The van der Waals surface area contributed by atoms with E-state index in [0.717, 1.165) is 16.8 Å². The Bertz CT molecular complexity index is 1080. The van der Waals surface area contributed by atoms with E-state index in [9.17, 15) is 10.1 Å². The number of non-ortho nitro benzene ring substituents is 1. The van der Waals surface area contributed by atoms with E-state index < -0.39 is 4.92 Å². The molecule has 6 heteroatoms. The largest absolute Gasteiger partial charge is 0.340 e. The van der Waals surface area contributed by atoms with Gasteiger partial charge in [-0.15, -0.1) is 0 Å². The first-order valence-corrected chi connectivity index (χ1v) is 8.02. The summed E-state index contributed by atoms with van der Waals surface area (Å²) in [7, 11) is 0. The summed E-state index contributed by atoms with van der Waals surface area (Å²) in [6.45, 7) is 0. The molecule has 6 nitrogen and oxygen atoms in total. The van der Waals surface area contributed by atoms with Gasteiger partial charge in [0.05, 0.1) is 10.4 Å². The number of anilines is 2. The van der Waals surface area contributed by atoms with Crippen molar-refractivity contribution in [3.05, 3.63) is 89.2 Å². The summed E-state index contributed by atoms with van der Waals surface area (Å²) in [4.78, 5) is 19.0. The van der Waals surface area contributed by atoms with Gasteiger partial charge in [-0.2, -0.15) is 0 Å². The van der Waals surface area contributed by atoms with E-state index in [1.54, 1.807) is 6.07 Å². The van der Waals surface area contributed by atoms with Crippen LogP contribution >= 0.6 is 0 Å². The quantitative estimate of drug-likeness (QED) is 0.419. The van der Waals surface area contributed by atoms with Crippen molar-refractivity contribution in [2.45, 2.75) is 0 Å². The molecule has 126 valence electrons. The zero-order chi connectivity index (χ0) is 17.9. The predicted octanol–water partition coefficient (Wildman–Crippen LogP) is 4.95. The fraction of sp³-hybridized carbons (Fsp3) is 0. The molecule has 0 amide bonds. The molecule has 1 N–H and O–H groups in total. The fourth-order valence-electron chi connectivity index (χ4n) is 2.77. The molecule has 3 aromatic carbocycles. The van der Waals surface area contributed by atoms with Gasteiger partial charge in [0.1, 0.15) is 12.1 Å². The normalized spacial score (nSPS) is 10.6. The van der Waals surface area contributed by atoms with Gasteiger partial charge >= 0.3 is 0 Å². The van der Waals surface area contributed by atoms with Crippen molar-refractivity contribution >= 4 is 28.1 Å². The van der Waals surface area contributed by atoms with Crippen LogP contribution < -0.4 is 5.32 Å². The van der Waals surface area contributed by atoms with Crippen molar-refractivity contribution in [3.8, 4) is 11.1 Å². The van der Waals surface area contributed by atoms with Gasteiger partial charge in [-0.05, 0) is 29.3 Å². The molecule has 1 aromatic heterocycles. The molecule has 4 rings (SSSR count). The minimum atomic E-state index is -0.426. The van der Waals surface area contributed by atoms with Gasteiger partial charge in [0.25, 0.3) is 5.69 Å². The Morgan fingerprint density at radius 3 is 2.31 bits per heavy atom. The van der Waals surface area contributed by atoms with Crippen LogP contribution in [0.2, 0.25) is 0 Å². The summed E-state index contributed by atoms with van der Waals surface area (Å²) in [5.41, 5.74) is 3.75. The second-order valence-electron chi connectivity index (χ2n) is 5.75. The van der Waals surface area contributed by atoms with Crippen LogP contribution in [0.25, 0.3) is 22.0 Å². The number of hydrogen-bond acceptors (Lipinski definition) is 5. The first-order valence-electron chi connectivity index (χ1n) is 8.02.